The highest BCUT2D eigenvalue weighted by molar-refractivity contribution is 8.00. The van der Waals surface area contributed by atoms with E-state index in [2.05, 4.69) is 4.98 Å². The van der Waals surface area contributed by atoms with Crippen LogP contribution in [-0.2, 0) is 11.2 Å². The van der Waals surface area contributed by atoms with Crippen LogP contribution in [0.2, 0.25) is 5.02 Å². The van der Waals surface area contributed by atoms with Gasteiger partial charge in [0.05, 0.1) is 35.9 Å². The van der Waals surface area contributed by atoms with Gasteiger partial charge in [-0.15, -0.1) is 23.1 Å². The first-order valence-electron chi connectivity index (χ1n) is 11.3. The first-order chi connectivity index (χ1) is 17.8. The Hall–Kier alpha value is -2.95. The molecule has 196 valence electrons. The van der Waals surface area contributed by atoms with Crippen molar-refractivity contribution >= 4 is 58.3 Å². The third kappa shape index (κ3) is 6.88. The molecule has 0 bridgehead atoms. The highest BCUT2D eigenvalue weighted by Crippen LogP contribution is 2.48. The lowest BCUT2D eigenvalue weighted by molar-refractivity contribution is -0.107. The van der Waals surface area contributed by atoms with Gasteiger partial charge < -0.3 is 14.3 Å². The van der Waals surface area contributed by atoms with Crippen LogP contribution in [-0.4, -0.2) is 49.6 Å². The largest absolute Gasteiger partial charge is 0.493 e. The number of methoxy groups -OCH3 is 2. The highest BCUT2D eigenvalue weighted by Gasteiger charge is 2.32. The molecule has 2 N–H and O–H groups in total. The number of ether oxygens (including phenoxy) is 2. The Kier molecular flexibility index (Phi) is 10.5. The van der Waals surface area contributed by atoms with Crippen LogP contribution in [0.5, 0.6) is 11.5 Å². The number of rotatable bonds is 7. The normalized spacial score (nSPS) is 14.7. The average Bonchev–Trinajstić information content (AvgIpc) is 3.27. The van der Waals surface area contributed by atoms with Gasteiger partial charge in [-0.1, -0.05) is 23.7 Å². The zero-order chi connectivity index (χ0) is 26.9. The Labute approximate surface area is 229 Å². The average molecular weight is 563 g/mol. The number of hydrogen-bond donors (Lipinski definition) is 2. The molecule has 0 saturated carbocycles. The number of aryl methyl sites for hydroxylation is 2. The van der Waals surface area contributed by atoms with E-state index in [9.17, 15) is 9.18 Å². The van der Waals surface area contributed by atoms with Crippen molar-refractivity contribution < 1.29 is 18.7 Å². The maximum absolute atomic E-state index is 13.3. The summed E-state index contributed by atoms with van der Waals surface area (Å²) in [5, 5.41) is 17.7. The summed E-state index contributed by atoms with van der Waals surface area (Å²) in [6.07, 6.45) is 4.23. The summed E-state index contributed by atoms with van der Waals surface area (Å²) < 4.78 is 24.3. The fourth-order valence-electron chi connectivity index (χ4n) is 3.87. The van der Waals surface area contributed by atoms with E-state index in [1.807, 2.05) is 31.3 Å². The first kappa shape index (κ1) is 28.6. The van der Waals surface area contributed by atoms with E-state index in [1.54, 1.807) is 43.8 Å². The van der Waals surface area contributed by atoms with Crippen molar-refractivity contribution in [2.24, 2.45) is 0 Å². The Balaban J connectivity index is 0.000000319. The molecule has 2 aromatic carbocycles. The number of nitrogens with zero attached hydrogens (tertiary/aromatic N) is 2. The van der Waals surface area contributed by atoms with Gasteiger partial charge in [-0.05, 0) is 43.2 Å². The summed E-state index contributed by atoms with van der Waals surface area (Å²) in [5.41, 5.74) is 2.23. The molecular weight excluding hydrogens is 535 g/mol. The van der Waals surface area contributed by atoms with Gasteiger partial charge in [0.25, 0.3) is 0 Å². The van der Waals surface area contributed by atoms with Crippen LogP contribution in [0.4, 0.5) is 10.1 Å². The number of aromatic nitrogens is 1. The summed E-state index contributed by atoms with van der Waals surface area (Å²) >= 11 is 9.40. The van der Waals surface area contributed by atoms with Crippen molar-refractivity contribution in [2.45, 2.75) is 25.0 Å². The summed E-state index contributed by atoms with van der Waals surface area (Å²) in [5.74, 6) is 1.38. The van der Waals surface area contributed by atoms with Crippen LogP contribution >= 0.6 is 34.7 Å². The quantitative estimate of drug-likeness (QED) is 0.193. The lowest BCUT2D eigenvalue weighted by atomic mass is 10.00. The number of amidine groups is 2. The second-order valence-corrected chi connectivity index (χ2v) is 10.7. The number of carbonyl (C=O) groups is 1. The molecule has 0 aliphatic carbocycles. The maximum Gasteiger partial charge on any atom is 0.165 e. The van der Waals surface area contributed by atoms with Gasteiger partial charge in [-0.2, -0.15) is 0 Å². The van der Waals surface area contributed by atoms with E-state index in [4.69, 9.17) is 31.9 Å². The molecule has 4 rings (SSSR count). The van der Waals surface area contributed by atoms with Gasteiger partial charge in [0.15, 0.2) is 11.5 Å². The second kappa shape index (κ2) is 13.6. The van der Waals surface area contributed by atoms with Gasteiger partial charge >= 0.3 is 0 Å². The number of thiazole rings is 1. The molecule has 0 amide bonds. The number of hydrogen-bond acceptors (Lipinski definition) is 8. The number of anilines is 1. The summed E-state index contributed by atoms with van der Waals surface area (Å²) in [4.78, 5) is 16.6. The molecule has 2 heterocycles. The molecule has 37 heavy (non-hydrogen) atoms. The number of nitrogens with one attached hydrogen (secondary N) is 2. The van der Waals surface area contributed by atoms with E-state index in [-0.39, 0.29) is 16.9 Å². The third-order valence-corrected chi connectivity index (χ3v) is 7.95. The van der Waals surface area contributed by atoms with Crippen molar-refractivity contribution in [1.29, 1.82) is 10.8 Å². The highest BCUT2D eigenvalue weighted by atomic mass is 35.5. The van der Waals surface area contributed by atoms with E-state index in [0.717, 1.165) is 28.8 Å². The number of benzene rings is 2. The molecule has 1 aromatic heterocycles. The molecule has 3 aromatic rings. The maximum atomic E-state index is 13.3. The number of para-hydroxylation sites is 1. The molecule has 1 aliphatic rings. The molecule has 11 heteroatoms. The smallest absolute Gasteiger partial charge is 0.165 e. The SMILES string of the molecule is COc1cccc([C@H]2SCC(=N)N(C(=N)CF)c3ccc(Cl)cc32)c1OC.Cc1ncc(CCC=O)s1. The summed E-state index contributed by atoms with van der Waals surface area (Å²) in [6.45, 7) is 1.01. The monoisotopic (exact) mass is 562 g/mol. The molecule has 0 radical (unpaired) electrons. The van der Waals surface area contributed by atoms with E-state index < -0.39 is 6.67 Å². The van der Waals surface area contributed by atoms with Crippen LogP contribution in [0.1, 0.15) is 32.7 Å². The van der Waals surface area contributed by atoms with Gasteiger partial charge in [-0.25, -0.2) is 9.37 Å². The standard InChI is InChI=1S/C19H19ClFN3O2S.C7H9NOS/c1-25-15-5-3-4-12(18(15)26-2)19-13-8-11(20)6-7-14(13)24(16(22)9-21)17(23)10-27-19;1-6-8-5-7(10-6)3-2-4-9/h3-8,19,22-23H,9-10H2,1-2H3;4-5H,2-3H2,1H3/t19-;/m1./s1. The second-order valence-electron chi connectivity index (χ2n) is 7.89. The van der Waals surface area contributed by atoms with Crippen molar-refractivity contribution in [2.75, 3.05) is 31.5 Å². The summed E-state index contributed by atoms with van der Waals surface area (Å²) in [7, 11) is 3.15. The number of halogens is 2. The Morgan fingerprint density at radius 1 is 1.27 bits per heavy atom. The predicted molar refractivity (Wildman–Crippen MR) is 150 cm³/mol. The molecule has 1 aliphatic heterocycles. The van der Waals surface area contributed by atoms with Crippen LogP contribution in [0.15, 0.2) is 42.6 Å². The van der Waals surface area contributed by atoms with Crippen molar-refractivity contribution in [3.63, 3.8) is 0 Å². The summed E-state index contributed by atoms with van der Waals surface area (Å²) in [6, 6.07) is 10.8. The molecule has 7 nitrogen and oxygen atoms in total. The fourth-order valence-corrected chi connectivity index (χ4v) is 6.04. The number of alkyl halides is 1. The predicted octanol–water partition coefficient (Wildman–Crippen LogP) is 6.51. The fraction of sp³-hybridized carbons (Fsp3) is 0.308. The zero-order valence-electron chi connectivity index (χ0n) is 20.7. The lowest BCUT2D eigenvalue weighted by Gasteiger charge is -2.25. The van der Waals surface area contributed by atoms with Crippen LogP contribution in [0.25, 0.3) is 0 Å². The Morgan fingerprint density at radius 3 is 2.68 bits per heavy atom. The molecule has 0 unspecified atom stereocenters. The number of carbonyl (C=O) groups excluding carboxylic acids is 1. The van der Waals surface area contributed by atoms with Gasteiger partial charge in [0.2, 0.25) is 0 Å². The minimum atomic E-state index is -0.956. The number of aldehydes is 1. The van der Waals surface area contributed by atoms with Gasteiger partial charge in [-0.3, -0.25) is 15.7 Å². The first-order valence-corrected chi connectivity index (χ1v) is 13.6. The van der Waals surface area contributed by atoms with Gasteiger partial charge in [0.1, 0.15) is 24.6 Å². The number of fused-ring (bicyclic) bond motifs is 1. The van der Waals surface area contributed by atoms with E-state index >= 15 is 0 Å². The topological polar surface area (TPSA) is 99.4 Å². The van der Waals surface area contributed by atoms with E-state index in [0.29, 0.717) is 34.4 Å². The van der Waals surface area contributed by atoms with Crippen molar-refractivity contribution in [1.82, 2.24) is 4.98 Å². The Bertz CT molecular complexity index is 1270. The molecular formula is C26H28ClFN4O3S2. The van der Waals surface area contributed by atoms with Crippen LogP contribution < -0.4 is 14.4 Å². The lowest BCUT2D eigenvalue weighted by Crippen LogP contribution is -2.38. The Morgan fingerprint density at radius 2 is 2.05 bits per heavy atom. The molecule has 0 saturated heterocycles. The van der Waals surface area contributed by atoms with Crippen LogP contribution in [0, 0.1) is 17.7 Å². The van der Waals surface area contributed by atoms with Crippen molar-refractivity contribution in [3.8, 4) is 11.5 Å². The van der Waals surface area contributed by atoms with Crippen molar-refractivity contribution in [3.05, 3.63) is 68.6 Å². The number of thioether (sulfide) groups is 1. The van der Waals surface area contributed by atoms with Gasteiger partial charge in [0, 0.05) is 28.1 Å². The molecule has 1 atom stereocenters. The van der Waals surface area contributed by atoms with Crippen LogP contribution in [0.3, 0.4) is 0 Å². The molecule has 0 fully saturated rings. The minimum absolute atomic E-state index is 0.149. The van der Waals surface area contributed by atoms with E-state index in [1.165, 1.54) is 21.5 Å². The zero-order valence-corrected chi connectivity index (χ0v) is 23.1. The minimum Gasteiger partial charge on any atom is -0.493 e. The molecule has 0 spiro atoms. The third-order valence-electron chi connectivity index (χ3n) is 5.46.